The van der Waals surface area contributed by atoms with Gasteiger partial charge in [-0.3, -0.25) is 9.59 Å². The molecule has 1 N–H and O–H groups in total. The molecule has 144 valence electrons. The van der Waals surface area contributed by atoms with Crippen LogP contribution in [0.4, 0.5) is 8.78 Å². The minimum atomic E-state index is -0.654. The molecule has 0 bridgehead atoms. The normalized spacial score (nSPS) is 11.7. The van der Waals surface area contributed by atoms with Gasteiger partial charge in [-0.05, 0) is 42.3 Å². The number of carbonyl (C=O) groups excluding carboxylic acids is 2. The van der Waals surface area contributed by atoms with Crippen LogP contribution in [0.1, 0.15) is 18.1 Å². The first-order valence-corrected chi connectivity index (χ1v) is 9.64. The van der Waals surface area contributed by atoms with Crippen molar-refractivity contribution in [3.63, 3.8) is 0 Å². The van der Waals surface area contributed by atoms with Crippen LogP contribution in [-0.2, 0) is 21.9 Å². The molecule has 2 aromatic rings. The quantitative estimate of drug-likeness (QED) is 0.750. The third kappa shape index (κ3) is 6.36. The van der Waals surface area contributed by atoms with Gasteiger partial charge in [0.1, 0.15) is 17.7 Å². The lowest BCUT2D eigenvalue weighted by atomic mass is 10.1. The minimum Gasteiger partial charge on any atom is -0.357 e. The summed E-state index contributed by atoms with van der Waals surface area (Å²) in [6.07, 6.45) is 0. The van der Waals surface area contributed by atoms with Crippen LogP contribution in [0.25, 0.3) is 0 Å². The molecule has 0 fully saturated rings. The SMILES string of the molecule is CNC(=O)[C@H](C)N(Cc1ccc(F)cc1)C(=O)CSCc1ccc(F)cc1. The molecule has 2 rings (SSSR count). The van der Waals surface area contributed by atoms with Crippen molar-refractivity contribution >= 4 is 23.6 Å². The maximum absolute atomic E-state index is 13.1. The number of hydrogen-bond donors (Lipinski definition) is 1. The van der Waals surface area contributed by atoms with E-state index >= 15 is 0 Å². The van der Waals surface area contributed by atoms with Crippen molar-refractivity contribution in [2.45, 2.75) is 25.3 Å². The lowest BCUT2D eigenvalue weighted by Crippen LogP contribution is -2.47. The predicted octanol–water partition coefficient (Wildman–Crippen LogP) is 3.36. The number of benzene rings is 2. The van der Waals surface area contributed by atoms with Crippen molar-refractivity contribution in [2.75, 3.05) is 12.8 Å². The van der Waals surface area contributed by atoms with Gasteiger partial charge in [0.15, 0.2) is 0 Å². The van der Waals surface area contributed by atoms with E-state index in [-0.39, 0.29) is 35.7 Å². The second-order valence-electron chi connectivity index (χ2n) is 6.06. The van der Waals surface area contributed by atoms with Crippen LogP contribution < -0.4 is 5.32 Å². The number of hydrogen-bond acceptors (Lipinski definition) is 3. The highest BCUT2D eigenvalue weighted by atomic mass is 32.2. The molecule has 0 aliphatic carbocycles. The zero-order valence-corrected chi connectivity index (χ0v) is 16.1. The average molecular weight is 392 g/mol. The molecule has 0 heterocycles. The summed E-state index contributed by atoms with van der Waals surface area (Å²) in [5.41, 5.74) is 1.66. The molecule has 0 unspecified atom stereocenters. The second-order valence-corrected chi connectivity index (χ2v) is 7.04. The van der Waals surface area contributed by atoms with Crippen molar-refractivity contribution in [3.8, 4) is 0 Å². The van der Waals surface area contributed by atoms with Crippen molar-refractivity contribution in [2.24, 2.45) is 0 Å². The van der Waals surface area contributed by atoms with Gasteiger partial charge in [-0.2, -0.15) is 0 Å². The Morgan fingerprint density at radius 1 is 1.00 bits per heavy atom. The second kappa shape index (κ2) is 10.1. The first kappa shape index (κ1) is 20.9. The Labute approximate surface area is 161 Å². The fourth-order valence-corrected chi connectivity index (χ4v) is 3.37. The van der Waals surface area contributed by atoms with Crippen LogP contribution in [0.5, 0.6) is 0 Å². The standard InChI is InChI=1S/C20H22F2N2O2S/c1-14(20(26)23-2)24(11-15-3-7-17(21)8-4-15)19(25)13-27-12-16-5-9-18(22)10-6-16/h3-10,14H,11-13H2,1-2H3,(H,23,26)/t14-/m0/s1. The number of nitrogens with one attached hydrogen (secondary N) is 1. The maximum Gasteiger partial charge on any atom is 0.242 e. The Morgan fingerprint density at radius 2 is 1.52 bits per heavy atom. The monoisotopic (exact) mass is 392 g/mol. The summed E-state index contributed by atoms with van der Waals surface area (Å²) in [6.45, 7) is 1.87. The van der Waals surface area contributed by atoms with Crippen molar-refractivity contribution < 1.29 is 18.4 Å². The average Bonchev–Trinajstić information content (AvgIpc) is 2.67. The van der Waals surface area contributed by atoms with E-state index in [1.54, 1.807) is 31.2 Å². The van der Waals surface area contributed by atoms with Gasteiger partial charge in [0.05, 0.1) is 5.75 Å². The van der Waals surface area contributed by atoms with Crippen LogP contribution in [0.3, 0.4) is 0 Å². The first-order valence-electron chi connectivity index (χ1n) is 8.48. The predicted molar refractivity (Wildman–Crippen MR) is 103 cm³/mol. The van der Waals surface area contributed by atoms with E-state index in [1.807, 2.05) is 0 Å². The Balaban J connectivity index is 2.02. The maximum atomic E-state index is 13.1. The largest absolute Gasteiger partial charge is 0.357 e. The molecule has 0 aliphatic rings. The summed E-state index contributed by atoms with van der Waals surface area (Å²) in [5.74, 6) is -0.378. The molecule has 2 aromatic carbocycles. The Morgan fingerprint density at radius 3 is 2.04 bits per heavy atom. The number of likely N-dealkylation sites (N-methyl/N-ethyl adjacent to an activating group) is 1. The topological polar surface area (TPSA) is 49.4 Å². The molecule has 0 radical (unpaired) electrons. The fourth-order valence-electron chi connectivity index (χ4n) is 2.50. The third-order valence-electron chi connectivity index (χ3n) is 4.09. The van der Waals surface area contributed by atoms with Gasteiger partial charge in [-0.1, -0.05) is 24.3 Å². The number of thioether (sulfide) groups is 1. The number of nitrogens with zero attached hydrogens (tertiary/aromatic N) is 1. The molecular weight excluding hydrogens is 370 g/mol. The fraction of sp³-hybridized carbons (Fsp3) is 0.300. The van der Waals surface area contributed by atoms with Crippen molar-refractivity contribution in [1.29, 1.82) is 0 Å². The molecule has 2 amide bonds. The van der Waals surface area contributed by atoms with Gasteiger partial charge >= 0.3 is 0 Å². The summed E-state index contributed by atoms with van der Waals surface area (Å²) in [6, 6.07) is 11.3. The smallest absolute Gasteiger partial charge is 0.242 e. The zero-order valence-electron chi connectivity index (χ0n) is 15.2. The molecule has 0 aliphatic heterocycles. The summed E-state index contributed by atoms with van der Waals surface area (Å²) in [7, 11) is 1.52. The van der Waals surface area contributed by atoms with E-state index in [1.165, 1.54) is 48.0 Å². The summed E-state index contributed by atoms with van der Waals surface area (Å²) in [5, 5.41) is 2.55. The molecule has 27 heavy (non-hydrogen) atoms. The van der Waals surface area contributed by atoms with E-state index in [4.69, 9.17) is 0 Å². The first-order chi connectivity index (χ1) is 12.9. The number of carbonyl (C=O) groups is 2. The number of amides is 2. The van der Waals surface area contributed by atoms with Gasteiger partial charge in [0, 0.05) is 19.3 Å². The number of rotatable bonds is 8. The number of halogens is 2. The lowest BCUT2D eigenvalue weighted by molar-refractivity contribution is -0.138. The van der Waals surface area contributed by atoms with E-state index in [2.05, 4.69) is 5.32 Å². The molecule has 0 aromatic heterocycles. The lowest BCUT2D eigenvalue weighted by Gasteiger charge is -2.28. The molecule has 7 heteroatoms. The molecular formula is C20H22F2N2O2S. The van der Waals surface area contributed by atoms with Crippen LogP contribution in [0.15, 0.2) is 48.5 Å². The van der Waals surface area contributed by atoms with Gasteiger partial charge < -0.3 is 10.2 Å². The molecule has 4 nitrogen and oxygen atoms in total. The van der Waals surface area contributed by atoms with Crippen molar-refractivity contribution in [3.05, 3.63) is 71.3 Å². The minimum absolute atomic E-state index is 0.180. The Bertz CT molecular complexity index is 767. The Hall–Kier alpha value is -2.41. The van der Waals surface area contributed by atoms with E-state index < -0.39 is 6.04 Å². The zero-order chi connectivity index (χ0) is 19.8. The van der Waals surface area contributed by atoms with Gasteiger partial charge in [0.2, 0.25) is 11.8 Å². The van der Waals surface area contributed by atoms with Crippen LogP contribution in [0.2, 0.25) is 0 Å². The van der Waals surface area contributed by atoms with Crippen LogP contribution >= 0.6 is 11.8 Å². The van der Waals surface area contributed by atoms with E-state index in [0.717, 1.165) is 11.1 Å². The molecule has 0 spiro atoms. The van der Waals surface area contributed by atoms with E-state index in [0.29, 0.717) is 5.75 Å². The summed E-state index contributed by atoms with van der Waals surface area (Å²) < 4.78 is 26.0. The van der Waals surface area contributed by atoms with Gasteiger partial charge in [-0.15, -0.1) is 11.8 Å². The molecule has 1 atom stereocenters. The third-order valence-corrected chi connectivity index (χ3v) is 5.08. The van der Waals surface area contributed by atoms with Crippen molar-refractivity contribution in [1.82, 2.24) is 10.2 Å². The molecule has 0 saturated heterocycles. The summed E-state index contributed by atoms with van der Waals surface area (Å²) in [4.78, 5) is 26.2. The van der Waals surface area contributed by atoms with Gasteiger partial charge in [0.25, 0.3) is 0 Å². The Kier molecular flexibility index (Phi) is 7.79. The van der Waals surface area contributed by atoms with Crippen LogP contribution in [-0.4, -0.2) is 35.6 Å². The van der Waals surface area contributed by atoms with Gasteiger partial charge in [-0.25, -0.2) is 8.78 Å². The van der Waals surface area contributed by atoms with E-state index in [9.17, 15) is 18.4 Å². The highest BCUT2D eigenvalue weighted by Crippen LogP contribution is 2.16. The highest BCUT2D eigenvalue weighted by molar-refractivity contribution is 7.99. The van der Waals surface area contributed by atoms with Crippen LogP contribution in [0, 0.1) is 11.6 Å². The molecule has 0 saturated carbocycles. The highest BCUT2D eigenvalue weighted by Gasteiger charge is 2.25. The summed E-state index contributed by atoms with van der Waals surface area (Å²) >= 11 is 1.39.